The third kappa shape index (κ3) is 5.97. The summed E-state index contributed by atoms with van der Waals surface area (Å²) in [5, 5.41) is 0. The third-order valence-electron chi connectivity index (χ3n) is 4.20. The SMILES string of the molecule is COc1cc(C(=O)OCCCN2CCCCC2)cc(OC)c1OC.Cl. The van der Waals surface area contributed by atoms with Crippen LogP contribution in [-0.2, 0) is 4.74 Å². The lowest BCUT2D eigenvalue weighted by Crippen LogP contribution is -2.31. The Morgan fingerprint density at radius 3 is 2.12 bits per heavy atom. The largest absolute Gasteiger partial charge is 0.493 e. The van der Waals surface area contributed by atoms with Crippen LogP contribution in [0.25, 0.3) is 0 Å². The topological polar surface area (TPSA) is 57.2 Å². The first-order valence-corrected chi connectivity index (χ1v) is 8.39. The summed E-state index contributed by atoms with van der Waals surface area (Å²) in [6, 6.07) is 3.21. The molecule has 0 radical (unpaired) electrons. The lowest BCUT2D eigenvalue weighted by Gasteiger charge is -2.26. The van der Waals surface area contributed by atoms with E-state index in [4.69, 9.17) is 18.9 Å². The first-order chi connectivity index (χ1) is 11.7. The summed E-state index contributed by atoms with van der Waals surface area (Å²) in [7, 11) is 4.56. The van der Waals surface area contributed by atoms with E-state index in [-0.39, 0.29) is 18.4 Å². The van der Waals surface area contributed by atoms with Crippen molar-refractivity contribution >= 4 is 18.4 Å². The highest BCUT2D eigenvalue weighted by atomic mass is 35.5. The number of methoxy groups -OCH3 is 3. The molecule has 7 heteroatoms. The van der Waals surface area contributed by atoms with Gasteiger partial charge in [-0.3, -0.25) is 0 Å². The maximum Gasteiger partial charge on any atom is 0.338 e. The second-order valence-electron chi connectivity index (χ2n) is 5.81. The fraction of sp³-hybridized carbons (Fsp3) is 0.611. The normalized spacial score (nSPS) is 14.4. The zero-order valence-electron chi connectivity index (χ0n) is 15.2. The molecule has 142 valence electrons. The van der Waals surface area contributed by atoms with E-state index in [1.54, 1.807) is 12.1 Å². The van der Waals surface area contributed by atoms with Crippen molar-refractivity contribution < 1.29 is 23.7 Å². The Hall–Kier alpha value is -1.66. The molecule has 0 N–H and O–H groups in total. The first-order valence-electron chi connectivity index (χ1n) is 8.39. The summed E-state index contributed by atoms with van der Waals surface area (Å²) in [6.07, 6.45) is 4.71. The number of likely N-dealkylation sites (tertiary alicyclic amines) is 1. The second kappa shape index (κ2) is 11.1. The number of carbonyl (C=O) groups is 1. The molecule has 0 atom stereocenters. The number of piperidine rings is 1. The molecule has 1 aromatic carbocycles. The van der Waals surface area contributed by atoms with Gasteiger partial charge in [-0.05, 0) is 44.5 Å². The average molecular weight is 374 g/mol. The molecule has 1 saturated heterocycles. The van der Waals surface area contributed by atoms with Crippen molar-refractivity contribution in [2.24, 2.45) is 0 Å². The van der Waals surface area contributed by atoms with Crippen LogP contribution in [0.1, 0.15) is 36.0 Å². The fourth-order valence-electron chi connectivity index (χ4n) is 2.92. The Morgan fingerprint density at radius 1 is 1.00 bits per heavy atom. The summed E-state index contributed by atoms with van der Waals surface area (Å²) in [5.41, 5.74) is 0.391. The van der Waals surface area contributed by atoms with Crippen molar-refractivity contribution in [2.45, 2.75) is 25.7 Å². The van der Waals surface area contributed by atoms with Crippen LogP contribution < -0.4 is 14.2 Å². The molecule has 1 aliphatic heterocycles. The van der Waals surface area contributed by atoms with Gasteiger partial charge in [-0.1, -0.05) is 6.42 Å². The molecule has 1 fully saturated rings. The van der Waals surface area contributed by atoms with Crippen LogP contribution in [0.2, 0.25) is 0 Å². The number of carbonyl (C=O) groups excluding carboxylic acids is 1. The molecule has 6 nitrogen and oxygen atoms in total. The minimum Gasteiger partial charge on any atom is -0.493 e. The number of benzene rings is 1. The molecule has 0 aromatic heterocycles. The van der Waals surface area contributed by atoms with Gasteiger partial charge in [0.25, 0.3) is 0 Å². The minimum absolute atomic E-state index is 0. The smallest absolute Gasteiger partial charge is 0.338 e. The molecule has 2 rings (SSSR count). The van der Waals surface area contributed by atoms with Gasteiger partial charge in [0.2, 0.25) is 5.75 Å². The Bertz CT molecular complexity index is 521. The Labute approximate surface area is 155 Å². The van der Waals surface area contributed by atoms with Crippen LogP contribution >= 0.6 is 12.4 Å². The Morgan fingerprint density at radius 2 is 1.60 bits per heavy atom. The molecule has 1 heterocycles. The number of halogens is 1. The number of ether oxygens (including phenoxy) is 4. The Kier molecular flexibility index (Phi) is 9.45. The molecular formula is C18H28ClNO5. The number of nitrogens with zero attached hydrogens (tertiary/aromatic N) is 1. The molecule has 0 bridgehead atoms. The molecule has 25 heavy (non-hydrogen) atoms. The molecule has 0 spiro atoms. The van der Waals surface area contributed by atoms with Crippen LogP contribution in [-0.4, -0.2) is 58.4 Å². The lowest BCUT2D eigenvalue weighted by atomic mass is 10.1. The lowest BCUT2D eigenvalue weighted by molar-refractivity contribution is 0.0484. The summed E-state index contributed by atoms with van der Waals surface area (Å²) < 4.78 is 21.1. The highest BCUT2D eigenvalue weighted by Crippen LogP contribution is 2.38. The number of hydrogen-bond acceptors (Lipinski definition) is 6. The predicted octanol–water partition coefficient (Wildman–Crippen LogP) is 3.17. The van der Waals surface area contributed by atoms with Crippen LogP contribution in [0.3, 0.4) is 0 Å². The molecule has 1 aromatic rings. The highest BCUT2D eigenvalue weighted by Gasteiger charge is 2.18. The van der Waals surface area contributed by atoms with Crippen molar-refractivity contribution in [3.63, 3.8) is 0 Å². The first kappa shape index (κ1) is 21.4. The van der Waals surface area contributed by atoms with Crippen LogP contribution in [0, 0.1) is 0 Å². The molecule has 0 amide bonds. The van der Waals surface area contributed by atoms with E-state index in [0.29, 0.717) is 29.4 Å². The quantitative estimate of drug-likeness (QED) is 0.515. The zero-order chi connectivity index (χ0) is 17.4. The maximum absolute atomic E-state index is 12.2. The van der Waals surface area contributed by atoms with Crippen LogP contribution in [0.4, 0.5) is 0 Å². The number of rotatable bonds is 8. The van der Waals surface area contributed by atoms with Gasteiger partial charge in [0.1, 0.15) is 0 Å². The van der Waals surface area contributed by atoms with E-state index in [2.05, 4.69) is 4.90 Å². The van der Waals surface area contributed by atoms with Crippen molar-refractivity contribution in [1.82, 2.24) is 4.90 Å². The van der Waals surface area contributed by atoms with E-state index in [9.17, 15) is 4.79 Å². The minimum atomic E-state index is -0.382. The average Bonchev–Trinajstić information content (AvgIpc) is 2.64. The summed E-state index contributed by atoms with van der Waals surface area (Å²) in [4.78, 5) is 14.7. The van der Waals surface area contributed by atoms with E-state index >= 15 is 0 Å². The van der Waals surface area contributed by atoms with Crippen LogP contribution in [0.5, 0.6) is 17.2 Å². The van der Waals surface area contributed by atoms with Gasteiger partial charge < -0.3 is 23.8 Å². The van der Waals surface area contributed by atoms with Gasteiger partial charge in [-0.25, -0.2) is 4.79 Å². The number of hydrogen-bond donors (Lipinski definition) is 0. The monoisotopic (exact) mass is 373 g/mol. The zero-order valence-corrected chi connectivity index (χ0v) is 16.0. The predicted molar refractivity (Wildman–Crippen MR) is 98.5 cm³/mol. The van der Waals surface area contributed by atoms with Gasteiger partial charge in [0.05, 0.1) is 33.5 Å². The fourth-order valence-corrected chi connectivity index (χ4v) is 2.92. The molecule has 0 unspecified atom stereocenters. The van der Waals surface area contributed by atoms with Gasteiger partial charge >= 0.3 is 5.97 Å². The molecular weight excluding hydrogens is 346 g/mol. The van der Waals surface area contributed by atoms with Gasteiger partial charge in [0.15, 0.2) is 11.5 Å². The van der Waals surface area contributed by atoms with E-state index in [1.165, 1.54) is 40.6 Å². The van der Waals surface area contributed by atoms with Crippen molar-refractivity contribution in [2.75, 3.05) is 47.6 Å². The summed E-state index contributed by atoms with van der Waals surface area (Å²) in [5.74, 6) is 0.962. The maximum atomic E-state index is 12.2. The van der Waals surface area contributed by atoms with E-state index < -0.39 is 0 Å². The van der Waals surface area contributed by atoms with Crippen LogP contribution in [0.15, 0.2) is 12.1 Å². The van der Waals surface area contributed by atoms with Crippen molar-refractivity contribution in [3.05, 3.63) is 17.7 Å². The van der Waals surface area contributed by atoms with E-state index in [1.807, 2.05) is 0 Å². The second-order valence-corrected chi connectivity index (χ2v) is 5.81. The van der Waals surface area contributed by atoms with Gasteiger partial charge in [-0.2, -0.15) is 0 Å². The highest BCUT2D eigenvalue weighted by molar-refractivity contribution is 5.91. The van der Waals surface area contributed by atoms with Gasteiger partial charge in [-0.15, -0.1) is 12.4 Å². The molecule has 1 aliphatic rings. The van der Waals surface area contributed by atoms with Gasteiger partial charge in [0, 0.05) is 6.54 Å². The Balaban J connectivity index is 0.00000312. The van der Waals surface area contributed by atoms with E-state index in [0.717, 1.165) is 26.1 Å². The standard InChI is InChI=1S/C18H27NO5.ClH/c1-21-15-12-14(13-16(22-2)17(15)23-3)18(20)24-11-7-10-19-8-5-4-6-9-19;/h12-13H,4-11H2,1-3H3;1H. The number of esters is 1. The van der Waals surface area contributed by atoms with Crippen molar-refractivity contribution in [3.8, 4) is 17.2 Å². The summed E-state index contributed by atoms with van der Waals surface area (Å²) >= 11 is 0. The molecule has 0 saturated carbocycles. The third-order valence-corrected chi connectivity index (χ3v) is 4.20. The van der Waals surface area contributed by atoms with Crippen molar-refractivity contribution in [1.29, 1.82) is 0 Å². The molecule has 0 aliphatic carbocycles. The summed E-state index contributed by atoms with van der Waals surface area (Å²) in [6.45, 7) is 3.69.